The lowest BCUT2D eigenvalue weighted by atomic mass is 10.0. The zero-order valence-electron chi connectivity index (χ0n) is 24.2. The van der Waals surface area contributed by atoms with Gasteiger partial charge in [-0.15, -0.1) is 11.3 Å². The molecule has 2 N–H and O–H groups in total. The number of amides is 3. The third-order valence-corrected chi connectivity index (χ3v) is 7.89. The number of nitrogens with zero attached hydrogens (tertiary/aromatic N) is 3. The molecule has 1 fully saturated rings. The highest BCUT2D eigenvalue weighted by molar-refractivity contribution is 7.14. The Morgan fingerprint density at radius 3 is 2.51 bits per heavy atom. The summed E-state index contributed by atoms with van der Waals surface area (Å²) in [6.45, 7) is 2.91. The summed E-state index contributed by atoms with van der Waals surface area (Å²) in [6, 6.07) is 12.7. The number of rotatable bonds is 10. The van der Waals surface area contributed by atoms with E-state index in [1.165, 1.54) is 11.3 Å². The van der Waals surface area contributed by atoms with Crippen LogP contribution in [-0.2, 0) is 16.0 Å². The van der Waals surface area contributed by atoms with Gasteiger partial charge in [-0.3, -0.25) is 19.4 Å². The number of carbonyl (C=O) groups is 3. The molecule has 0 saturated carbocycles. The molecule has 11 nitrogen and oxygen atoms in total. The van der Waals surface area contributed by atoms with Gasteiger partial charge in [0.1, 0.15) is 17.2 Å². The third kappa shape index (κ3) is 7.20. The summed E-state index contributed by atoms with van der Waals surface area (Å²) in [5, 5.41) is 8.55. The molecule has 0 aliphatic carbocycles. The summed E-state index contributed by atoms with van der Waals surface area (Å²) in [5.41, 5.74) is 1.74. The van der Waals surface area contributed by atoms with Gasteiger partial charge in [-0.25, -0.2) is 4.98 Å². The minimum Gasteiger partial charge on any atom is -0.493 e. The number of hydrogen-bond acceptors (Lipinski definition) is 9. The fraction of sp³-hybridized carbons (Fsp3) is 0.323. The smallest absolute Gasteiger partial charge is 0.273 e. The molecule has 0 bridgehead atoms. The number of likely N-dealkylation sites (tertiary alicyclic amines) is 1. The highest BCUT2D eigenvalue weighted by Gasteiger charge is 2.26. The molecule has 2 aromatic heterocycles. The average Bonchev–Trinajstić information content (AvgIpc) is 3.48. The van der Waals surface area contributed by atoms with Gasteiger partial charge in [0, 0.05) is 48.6 Å². The van der Waals surface area contributed by atoms with Crippen molar-refractivity contribution in [1.82, 2.24) is 20.2 Å². The fourth-order valence-electron chi connectivity index (χ4n) is 4.88. The predicted octanol–water partition coefficient (Wildman–Crippen LogP) is 4.81. The fourth-order valence-corrected chi connectivity index (χ4v) is 5.58. The van der Waals surface area contributed by atoms with Gasteiger partial charge >= 0.3 is 0 Å². The Morgan fingerprint density at radius 2 is 1.77 bits per heavy atom. The molecule has 43 heavy (non-hydrogen) atoms. The predicted molar refractivity (Wildman–Crippen MR) is 163 cm³/mol. The van der Waals surface area contributed by atoms with Crippen LogP contribution in [-0.4, -0.2) is 65.9 Å². The molecule has 12 heteroatoms. The van der Waals surface area contributed by atoms with Crippen molar-refractivity contribution in [3.8, 4) is 23.0 Å². The summed E-state index contributed by atoms with van der Waals surface area (Å²) in [6.07, 6.45) is 3.60. The highest BCUT2D eigenvalue weighted by atomic mass is 32.1. The number of anilines is 1. The number of nitrogens with one attached hydrogen (secondary N) is 2. The number of methoxy groups -OCH3 is 2. The Morgan fingerprint density at radius 1 is 1.00 bits per heavy atom. The van der Waals surface area contributed by atoms with Crippen LogP contribution in [0.3, 0.4) is 0 Å². The van der Waals surface area contributed by atoms with Crippen molar-refractivity contribution in [2.75, 3.05) is 32.6 Å². The van der Waals surface area contributed by atoms with Crippen LogP contribution in [0.2, 0.25) is 0 Å². The summed E-state index contributed by atoms with van der Waals surface area (Å²) >= 11 is 1.21. The highest BCUT2D eigenvalue weighted by Crippen LogP contribution is 2.37. The molecule has 5 rings (SSSR count). The van der Waals surface area contributed by atoms with Crippen molar-refractivity contribution in [3.63, 3.8) is 0 Å². The summed E-state index contributed by atoms with van der Waals surface area (Å²) in [4.78, 5) is 47.9. The minimum atomic E-state index is -0.260. The molecule has 3 amide bonds. The second kappa shape index (κ2) is 13.5. The SMILES string of the molecule is CCC(=O)NC1CCN(C(=O)c2csc(NC(=O)Cc3cccc(Oc4ccnc5cc(OC)c(OC)cc45)c3)n2)CC1. The summed E-state index contributed by atoms with van der Waals surface area (Å²) in [7, 11) is 3.14. The van der Waals surface area contributed by atoms with Crippen LogP contribution in [0.25, 0.3) is 10.9 Å². The van der Waals surface area contributed by atoms with Gasteiger partial charge in [0.15, 0.2) is 16.6 Å². The van der Waals surface area contributed by atoms with Crippen LogP contribution in [0.15, 0.2) is 54.0 Å². The molecule has 0 spiro atoms. The first-order valence-electron chi connectivity index (χ1n) is 14.0. The zero-order chi connectivity index (χ0) is 30.3. The maximum Gasteiger partial charge on any atom is 0.273 e. The maximum atomic E-state index is 13.0. The standard InChI is InChI=1S/C31H33N5O6S/c1-4-28(37)33-20-9-12-36(13-10-20)30(39)24-18-43-31(34-24)35-29(38)15-19-6-5-7-21(14-19)42-25-8-11-32-23-17-27(41-3)26(40-2)16-22(23)25/h5-8,11,14,16-18,20H,4,9-10,12-13,15H2,1-3H3,(H,33,37)(H,34,35,38). The number of carbonyl (C=O) groups excluding carboxylic acids is 3. The molecule has 0 atom stereocenters. The van der Waals surface area contributed by atoms with Gasteiger partial charge in [-0.1, -0.05) is 19.1 Å². The van der Waals surface area contributed by atoms with E-state index < -0.39 is 0 Å². The lowest BCUT2D eigenvalue weighted by Gasteiger charge is -2.32. The first kappa shape index (κ1) is 29.8. The molecular formula is C31H33N5O6S. The molecule has 0 radical (unpaired) electrons. The van der Waals surface area contributed by atoms with Crippen molar-refractivity contribution in [2.24, 2.45) is 0 Å². The Bertz CT molecular complexity index is 1630. The third-order valence-electron chi connectivity index (χ3n) is 7.14. The van der Waals surface area contributed by atoms with Gasteiger partial charge in [-0.2, -0.15) is 0 Å². The van der Waals surface area contributed by atoms with E-state index in [9.17, 15) is 14.4 Å². The number of pyridine rings is 1. The van der Waals surface area contributed by atoms with Gasteiger partial charge in [0.25, 0.3) is 5.91 Å². The van der Waals surface area contributed by atoms with Crippen LogP contribution >= 0.6 is 11.3 Å². The molecular weight excluding hydrogens is 570 g/mol. The van der Waals surface area contributed by atoms with Crippen molar-refractivity contribution >= 4 is 45.1 Å². The number of hydrogen-bond donors (Lipinski definition) is 2. The number of piperidine rings is 1. The van der Waals surface area contributed by atoms with Gasteiger partial charge in [0.2, 0.25) is 11.8 Å². The van der Waals surface area contributed by atoms with Gasteiger partial charge in [-0.05, 0) is 42.7 Å². The molecule has 4 aromatic rings. The zero-order valence-corrected chi connectivity index (χ0v) is 25.0. The van der Waals surface area contributed by atoms with E-state index in [4.69, 9.17) is 14.2 Å². The minimum absolute atomic E-state index is 0.0219. The molecule has 224 valence electrons. The molecule has 0 unspecified atom stereocenters. The molecule has 1 aliphatic heterocycles. The number of fused-ring (bicyclic) bond motifs is 1. The topological polar surface area (TPSA) is 132 Å². The molecule has 1 aliphatic rings. The number of aromatic nitrogens is 2. The Kier molecular flexibility index (Phi) is 9.35. The molecule has 1 saturated heterocycles. The van der Waals surface area contributed by atoms with Gasteiger partial charge < -0.3 is 29.7 Å². The second-order valence-corrected chi connectivity index (χ2v) is 10.9. The lowest BCUT2D eigenvalue weighted by molar-refractivity contribution is -0.121. The van der Waals surface area contributed by atoms with Crippen molar-refractivity contribution in [1.29, 1.82) is 0 Å². The van der Waals surface area contributed by atoms with Crippen molar-refractivity contribution in [2.45, 2.75) is 38.6 Å². The lowest BCUT2D eigenvalue weighted by Crippen LogP contribution is -2.46. The van der Waals surface area contributed by atoms with E-state index in [0.29, 0.717) is 71.7 Å². The first-order valence-corrected chi connectivity index (χ1v) is 14.9. The molecule has 3 heterocycles. The Labute approximate surface area is 253 Å². The maximum absolute atomic E-state index is 13.0. The quantitative estimate of drug-likeness (QED) is 0.264. The van der Waals surface area contributed by atoms with E-state index in [1.807, 2.05) is 31.2 Å². The average molecular weight is 604 g/mol. The largest absolute Gasteiger partial charge is 0.493 e. The first-order chi connectivity index (χ1) is 20.9. The van der Waals surface area contributed by atoms with Crippen LogP contribution in [0.4, 0.5) is 5.13 Å². The van der Waals surface area contributed by atoms with Crippen LogP contribution < -0.4 is 24.8 Å². The monoisotopic (exact) mass is 603 g/mol. The number of ether oxygens (including phenoxy) is 3. The van der Waals surface area contributed by atoms with Crippen molar-refractivity contribution in [3.05, 3.63) is 65.3 Å². The van der Waals surface area contributed by atoms with Gasteiger partial charge in [0.05, 0.1) is 26.2 Å². The van der Waals surface area contributed by atoms with E-state index in [2.05, 4.69) is 20.6 Å². The summed E-state index contributed by atoms with van der Waals surface area (Å²) in [5.74, 6) is 1.87. The van der Waals surface area contributed by atoms with Crippen LogP contribution in [0, 0.1) is 0 Å². The van der Waals surface area contributed by atoms with E-state index in [-0.39, 0.29) is 30.2 Å². The Balaban J connectivity index is 1.18. The Hall–Kier alpha value is -4.71. The number of benzene rings is 2. The van der Waals surface area contributed by atoms with E-state index in [0.717, 1.165) is 10.9 Å². The van der Waals surface area contributed by atoms with Crippen LogP contribution in [0.5, 0.6) is 23.0 Å². The summed E-state index contributed by atoms with van der Waals surface area (Å²) < 4.78 is 17.0. The number of thiazole rings is 1. The van der Waals surface area contributed by atoms with E-state index >= 15 is 0 Å². The van der Waals surface area contributed by atoms with Crippen LogP contribution in [0.1, 0.15) is 42.2 Å². The molecule has 2 aromatic carbocycles. The van der Waals surface area contributed by atoms with Crippen molar-refractivity contribution < 1.29 is 28.6 Å². The second-order valence-electron chi connectivity index (χ2n) is 10.0. The normalized spacial score (nSPS) is 13.4. The van der Waals surface area contributed by atoms with E-state index in [1.54, 1.807) is 48.9 Å².